The van der Waals surface area contributed by atoms with Crippen LogP contribution in [-0.4, -0.2) is 113 Å². The maximum absolute atomic E-state index is 12.1. The molecule has 0 bridgehead atoms. The Morgan fingerprint density at radius 1 is 0.962 bits per heavy atom. The van der Waals surface area contributed by atoms with Gasteiger partial charge in [-0.1, -0.05) is 18.2 Å². The third-order valence-electron chi connectivity index (χ3n) is 9.22. The number of nitrogens with one attached hydrogen (secondary N) is 4. The van der Waals surface area contributed by atoms with Crippen LogP contribution in [-0.2, 0) is 9.59 Å². The van der Waals surface area contributed by atoms with Crippen molar-refractivity contribution < 1.29 is 24.5 Å². The fourth-order valence-electron chi connectivity index (χ4n) is 6.27. The third-order valence-corrected chi connectivity index (χ3v) is 9.22. The first-order valence-electron chi connectivity index (χ1n) is 18.8. The number of nitrogens with two attached hydrogens (primary N) is 1. The molecule has 2 amide bonds. The molecule has 1 aromatic heterocycles. The molecule has 0 aliphatic carbocycles. The molecule has 288 valence electrons. The Hall–Kier alpha value is -4.63. The zero-order valence-corrected chi connectivity index (χ0v) is 30.9. The number of hydrogen-bond donors (Lipinski definition) is 7. The minimum atomic E-state index is -0.556. The van der Waals surface area contributed by atoms with E-state index in [0.717, 1.165) is 57.5 Å². The number of aromatic nitrogens is 2. The van der Waals surface area contributed by atoms with Crippen LogP contribution in [0, 0.1) is 5.41 Å². The molecule has 53 heavy (non-hydrogen) atoms. The summed E-state index contributed by atoms with van der Waals surface area (Å²) in [6.07, 6.45) is 7.68. The van der Waals surface area contributed by atoms with Crippen molar-refractivity contribution in [3.05, 3.63) is 72.1 Å². The van der Waals surface area contributed by atoms with Crippen LogP contribution in [0.5, 0.6) is 11.5 Å². The van der Waals surface area contributed by atoms with Crippen molar-refractivity contribution in [2.45, 2.75) is 76.5 Å². The molecular formula is C39H57N9O5. The van der Waals surface area contributed by atoms with Gasteiger partial charge in [-0.2, -0.15) is 0 Å². The van der Waals surface area contributed by atoms with Crippen LogP contribution < -0.4 is 26.4 Å². The van der Waals surface area contributed by atoms with Crippen LogP contribution in [0.15, 0.2) is 60.9 Å². The molecule has 2 heterocycles. The zero-order valence-electron chi connectivity index (χ0n) is 30.9. The van der Waals surface area contributed by atoms with E-state index in [-0.39, 0.29) is 36.0 Å². The van der Waals surface area contributed by atoms with E-state index in [9.17, 15) is 14.7 Å². The van der Waals surface area contributed by atoms with Crippen LogP contribution in [0.25, 0.3) is 0 Å². The van der Waals surface area contributed by atoms with Gasteiger partial charge in [0.2, 0.25) is 11.8 Å². The molecule has 0 saturated carbocycles. The molecule has 1 aliphatic rings. The number of ether oxygens (including phenoxy) is 1. The van der Waals surface area contributed by atoms with E-state index >= 15 is 0 Å². The number of rotatable bonds is 23. The van der Waals surface area contributed by atoms with Crippen LogP contribution in [0.3, 0.4) is 0 Å². The summed E-state index contributed by atoms with van der Waals surface area (Å²) >= 11 is 0. The lowest BCUT2D eigenvalue weighted by Crippen LogP contribution is -2.47. The number of para-hydroxylation sites is 1. The van der Waals surface area contributed by atoms with Gasteiger partial charge >= 0.3 is 0 Å². The number of nitrogens with zero attached hydrogens (tertiary/aromatic N) is 4. The summed E-state index contributed by atoms with van der Waals surface area (Å²) in [5.41, 5.74) is 7.62. The molecule has 2 aromatic carbocycles. The van der Waals surface area contributed by atoms with Crippen LogP contribution in [0.1, 0.15) is 75.3 Å². The molecule has 2 unspecified atom stereocenters. The zero-order chi connectivity index (χ0) is 37.8. The topological polar surface area (TPSA) is 202 Å². The smallest absolute Gasteiger partial charge is 0.220 e. The maximum atomic E-state index is 12.1. The minimum Gasteiger partial charge on any atom is -0.457 e. The number of unbranched alkanes of at least 4 members (excludes halogenated alkanes) is 1. The summed E-state index contributed by atoms with van der Waals surface area (Å²) in [5.74, 6) is 2.00. The van der Waals surface area contributed by atoms with Crippen molar-refractivity contribution in [2.24, 2.45) is 0 Å². The van der Waals surface area contributed by atoms with E-state index in [1.807, 2.05) is 54.6 Å². The van der Waals surface area contributed by atoms with Crippen molar-refractivity contribution >= 4 is 29.2 Å². The van der Waals surface area contributed by atoms with Gasteiger partial charge in [0.15, 0.2) is 0 Å². The molecule has 0 spiro atoms. The maximum Gasteiger partial charge on any atom is 0.220 e. The first-order valence-corrected chi connectivity index (χ1v) is 18.8. The van der Waals surface area contributed by atoms with E-state index in [1.165, 1.54) is 6.33 Å². The molecule has 0 radical (unpaired) electrons. The highest BCUT2D eigenvalue weighted by Gasteiger charge is 2.26. The number of hydrogen-bond acceptors (Lipinski definition) is 12. The van der Waals surface area contributed by atoms with Crippen molar-refractivity contribution in [3.63, 3.8) is 0 Å². The molecule has 1 fully saturated rings. The van der Waals surface area contributed by atoms with Crippen molar-refractivity contribution in [1.82, 2.24) is 30.4 Å². The lowest BCUT2D eigenvalue weighted by atomic mass is 10.0. The van der Waals surface area contributed by atoms with Gasteiger partial charge in [0, 0.05) is 57.2 Å². The molecule has 2 atom stereocenters. The number of benzene rings is 2. The Balaban J connectivity index is 1.14. The van der Waals surface area contributed by atoms with Crippen LogP contribution >= 0.6 is 0 Å². The van der Waals surface area contributed by atoms with Gasteiger partial charge in [-0.3, -0.25) is 19.9 Å². The van der Waals surface area contributed by atoms with E-state index in [2.05, 4.69) is 42.8 Å². The fraction of sp³-hybridized carbons (Fsp3) is 0.513. The van der Waals surface area contributed by atoms with Gasteiger partial charge in [-0.15, -0.1) is 0 Å². The van der Waals surface area contributed by atoms with Gasteiger partial charge in [0.25, 0.3) is 0 Å². The summed E-state index contributed by atoms with van der Waals surface area (Å²) in [5, 5.41) is 38.0. The van der Waals surface area contributed by atoms with Crippen molar-refractivity contribution in [1.29, 1.82) is 5.41 Å². The summed E-state index contributed by atoms with van der Waals surface area (Å²) in [4.78, 5) is 36.7. The van der Waals surface area contributed by atoms with E-state index < -0.39 is 6.23 Å². The Morgan fingerprint density at radius 3 is 2.36 bits per heavy atom. The normalized spacial score (nSPS) is 15.1. The first-order chi connectivity index (χ1) is 25.7. The molecule has 14 heteroatoms. The van der Waals surface area contributed by atoms with Crippen molar-refractivity contribution in [3.8, 4) is 11.5 Å². The van der Waals surface area contributed by atoms with Crippen LogP contribution in [0.4, 0.5) is 11.6 Å². The lowest BCUT2D eigenvalue weighted by molar-refractivity contribution is -0.122. The predicted molar refractivity (Wildman–Crippen MR) is 207 cm³/mol. The standard InChI is InChI=1S/C39H57N9O5/c1-47(23-6-5-21-42-33(50)14-7-15-34(51)43-22-10-26-49)24-9-16-35(52)48-25-8-11-30(27-48)46-39-36(38(41)44-28-45-39)37(40)29-17-19-32(20-18-29)53-31-12-3-2-4-13-31/h2-4,12-13,17-20,28,30,35,40,49,52H,5-11,14-16,21-27H2,1H3,(H,42,50)(H,43,51)(H3,41,44,45,46). The average molecular weight is 732 g/mol. The summed E-state index contributed by atoms with van der Waals surface area (Å²) in [7, 11) is 2.08. The predicted octanol–water partition coefficient (Wildman–Crippen LogP) is 3.74. The highest BCUT2D eigenvalue weighted by molar-refractivity contribution is 6.16. The average Bonchev–Trinajstić information content (AvgIpc) is 3.15. The molecule has 3 aromatic rings. The number of likely N-dealkylation sites (tertiary alicyclic amines) is 1. The number of amides is 2. The molecule has 14 nitrogen and oxygen atoms in total. The second kappa shape index (κ2) is 22.4. The third kappa shape index (κ3) is 14.4. The van der Waals surface area contributed by atoms with Gasteiger partial charge in [-0.05, 0) is 108 Å². The van der Waals surface area contributed by atoms with Gasteiger partial charge in [0.05, 0.1) is 11.3 Å². The van der Waals surface area contributed by atoms with Gasteiger partial charge in [0.1, 0.15) is 35.7 Å². The lowest BCUT2D eigenvalue weighted by Gasteiger charge is -2.36. The Morgan fingerprint density at radius 2 is 1.64 bits per heavy atom. The van der Waals surface area contributed by atoms with E-state index in [0.29, 0.717) is 74.4 Å². The Kier molecular flexibility index (Phi) is 17.4. The first kappa shape index (κ1) is 41.1. The molecule has 4 rings (SSSR count). The number of carbonyl (C=O) groups excluding carboxylic acids is 2. The molecular weight excluding hydrogens is 674 g/mol. The van der Waals surface area contributed by atoms with E-state index in [4.69, 9.17) is 21.0 Å². The fourth-order valence-corrected chi connectivity index (χ4v) is 6.27. The van der Waals surface area contributed by atoms with E-state index in [1.54, 1.807) is 0 Å². The van der Waals surface area contributed by atoms with Crippen LogP contribution in [0.2, 0.25) is 0 Å². The quantitative estimate of drug-likeness (QED) is 0.0553. The number of anilines is 2. The Bertz CT molecular complexity index is 1560. The minimum absolute atomic E-state index is 0.0194. The number of aliphatic hydroxyl groups is 2. The van der Waals surface area contributed by atoms with Gasteiger partial charge in [-0.25, -0.2) is 9.97 Å². The monoisotopic (exact) mass is 731 g/mol. The number of aliphatic hydroxyl groups excluding tert-OH is 2. The SMILES string of the molecule is CN(CCCCNC(=O)CCCC(=O)NCCCO)CCCC(O)N1CCCC(Nc2ncnc(N)c2C(=N)c2ccc(Oc3ccccc3)cc2)C1. The molecule has 8 N–H and O–H groups in total. The van der Waals surface area contributed by atoms with Gasteiger partial charge < -0.3 is 41.5 Å². The summed E-state index contributed by atoms with van der Waals surface area (Å²) in [6, 6.07) is 16.8. The summed E-state index contributed by atoms with van der Waals surface area (Å²) < 4.78 is 5.90. The largest absolute Gasteiger partial charge is 0.457 e. The number of piperidine rings is 1. The van der Waals surface area contributed by atoms with Crippen molar-refractivity contribution in [2.75, 3.05) is 64.0 Å². The highest BCUT2D eigenvalue weighted by atomic mass is 16.5. The second-order valence-electron chi connectivity index (χ2n) is 13.5. The Labute approximate surface area is 313 Å². The number of carbonyl (C=O) groups is 2. The molecule has 1 aliphatic heterocycles. The molecule has 1 saturated heterocycles. The second-order valence-corrected chi connectivity index (χ2v) is 13.5. The number of nitrogen functional groups attached to an aromatic ring is 1. The summed E-state index contributed by atoms with van der Waals surface area (Å²) in [6.45, 7) is 4.33. The highest BCUT2D eigenvalue weighted by Crippen LogP contribution is 2.27.